The molecule has 0 unspecified atom stereocenters. The molecular formula is C18H25ClN6. The third kappa shape index (κ3) is 4.12. The quantitative estimate of drug-likeness (QED) is 0.830. The van der Waals surface area contributed by atoms with Crippen molar-refractivity contribution in [1.82, 2.24) is 19.6 Å². The number of rotatable bonds is 3. The lowest BCUT2D eigenvalue weighted by Gasteiger charge is -2.28. The van der Waals surface area contributed by atoms with Crippen LogP contribution in [0, 0.1) is 11.3 Å². The lowest BCUT2D eigenvalue weighted by Crippen LogP contribution is -2.27. The Labute approximate surface area is 153 Å². The lowest BCUT2D eigenvalue weighted by atomic mass is 9.80. The summed E-state index contributed by atoms with van der Waals surface area (Å²) in [6, 6.07) is 0. The molecule has 134 valence electrons. The van der Waals surface area contributed by atoms with Crippen LogP contribution in [0.25, 0.3) is 11.3 Å². The lowest BCUT2D eigenvalue weighted by molar-refractivity contribution is 0.338. The van der Waals surface area contributed by atoms with Gasteiger partial charge in [-0.3, -0.25) is 5.41 Å². The van der Waals surface area contributed by atoms with Gasteiger partial charge in [0.1, 0.15) is 6.33 Å². The van der Waals surface area contributed by atoms with Crippen molar-refractivity contribution in [2.24, 2.45) is 11.0 Å². The first-order valence-electron chi connectivity index (χ1n) is 8.71. The van der Waals surface area contributed by atoms with E-state index in [4.69, 9.17) is 17.0 Å². The Hall–Kier alpha value is -2.08. The molecule has 25 heavy (non-hydrogen) atoms. The smallest absolute Gasteiger partial charge is 0.243 e. The van der Waals surface area contributed by atoms with Crippen molar-refractivity contribution in [3.63, 3.8) is 0 Å². The Bertz CT molecular complexity index is 777. The molecule has 0 aromatic carbocycles. The highest BCUT2D eigenvalue weighted by molar-refractivity contribution is 6.32. The van der Waals surface area contributed by atoms with Crippen LogP contribution < -0.4 is 5.62 Å². The number of hydrogen-bond donors (Lipinski definition) is 1. The van der Waals surface area contributed by atoms with Crippen molar-refractivity contribution in [3.05, 3.63) is 35.1 Å². The van der Waals surface area contributed by atoms with Crippen LogP contribution in [-0.4, -0.2) is 26.3 Å². The summed E-state index contributed by atoms with van der Waals surface area (Å²) in [5.74, 6) is 1.03. The highest BCUT2D eigenvalue weighted by Gasteiger charge is 2.26. The summed E-state index contributed by atoms with van der Waals surface area (Å²) in [7, 11) is 0. The van der Waals surface area contributed by atoms with Gasteiger partial charge in [-0.25, -0.2) is 19.6 Å². The minimum Gasteiger partial charge on any atom is -0.265 e. The van der Waals surface area contributed by atoms with Gasteiger partial charge in [0.05, 0.1) is 16.4 Å². The van der Waals surface area contributed by atoms with E-state index in [0.717, 1.165) is 42.9 Å². The second-order valence-corrected chi connectivity index (χ2v) is 6.42. The molecule has 1 N–H and O–H groups in total. The van der Waals surface area contributed by atoms with E-state index in [-0.39, 0.29) is 5.62 Å². The molecule has 6 nitrogen and oxygen atoms in total. The number of halogens is 1. The van der Waals surface area contributed by atoms with Crippen LogP contribution in [0.4, 0.5) is 0 Å². The van der Waals surface area contributed by atoms with Crippen molar-refractivity contribution in [2.45, 2.75) is 52.4 Å². The summed E-state index contributed by atoms with van der Waals surface area (Å²) in [5.41, 5.74) is 2.43. The Balaban J connectivity index is 0.00000109. The van der Waals surface area contributed by atoms with E-state index < -0.39 is 0 Å². The van der Waals surface area contributed by atoms with E-state index in [1.54, 1.807) is 12.4 Å². The third-order valence-corrected chi connectivity index (χ3v) is 4.76. The Morgan fingerprint density at radius 1 is 1.20 bits per heavy atom. The van der Waals surface area contributed by atoms with Gasteiger partial charge >= 0.3 is 0 Å². The monoisotopic (exact) mass is 360 g/mol. The number of nitrogens with one attached hydrogen (secondary N) is 1. The molecule has 1 saturated carbocycles. The average molecular weight is 361 g/mol. The molecule has 1 fully saturated rings. The van der Waals surface area contributed by atoms with Crippen LogP contribution in [0.5, 0.6) is 0 Å². The fraction of sp³-hybridized carbons (Fsp3) is 0.500. The molecule has 0 atom stereocenters. The Morgan fingerprint density at radius 2 is 1.88 bits per heavy atom. The highest BCUT2D eigenvalue weighted by atomic mass is 35.5. The molecular weight excluding hydrogens is 336 g/mol. The molecule has 0 aliphatic heterocycles. The Kier molecular flexibility index (Phi) is 6.82. The van der Waals surface area contributed by atoms with Crippen molar-refractivity contribution in [2.75, 3.05) is 0 Å². The van der Waals surface area contributed by atoms with Gasteiger partial charge in [-0.15, -0.1) is 0 Å². The van der Waals surface area contributed by atoms with Gasteiger partial charge in [-0.2, -0.15) is 5.10 Å². The van der Waals surface area contributed by atoms with Gasteiger partial charge in [0.15, 0.2) is 0 Å². The average Bonchev–Trinajstić information content (AvgIpc) is 2.64. The molecule has 3 rings (SSSR count). The summed E-state index contributed by atoms with van der Waals surface area (Å²) in [6.07, 6.45) is 9.12. The summed E-state index contributed by atoms with van der Waals surface area (Å²) in [4.78, 5) is 12.4. The van der Waals surface area contributed by atoms with Crippen LogP contribution in [-0.2, 0) is 0 Å². The zero-order valence-electron chi connectivity index (χ0n) is 15.0. The second-order valence-electron chi connectivity index (χ2n) is 6.01. The predicted molar refractivity (Wildman–Crippen MR) is 101 cm³/mol. The minimum absolute atomic E-state index is 0.0718. The fourth-order valence-electron chi connectivity index (χ4n) is 3.24. The van der Waals surface area contributed by atoms with Crippen LogP contribution in [0.2, 0.25) is 5.02 Å². The molecule has 0 spiro atoms. The molecule has 1 aliphatic carbocycles. The number of hydrogen-bond acceptors (Lipinski definition) is 5. The molecule has 2 aromatic rings. The minimum atomic E-state index is 0.0718. The first-order chi connectivity index (χ1) is 12.1. The molecule has 2 heterocycles. The predicted octanol–water partition coefficient (Wildman–Crippen LogP) is 4.26. The van der Waals surface area contributed by atoms with Gasteiger partial charge in [-0.05, 0) is 18.8 Å². The van der Waals surface area contributed by atoms with E-state index in [9.17, 15) is 0 Å². The molecule has 7 heteroatoms. The molecule has 0 amide bonds. The number of aromatic nitrogens is 4. The van der Waals surface area contributed by atoms with Crippen LogP contribution in [0.1, 0.15) is 58.1 Å². The van der Waals surface area contributed by atoms with E-state index in [0.29, 0.717) is 16.6 Å². The molecule has 1 aliphatic rings. The van der Waals surface area contributed by atoms with Crippen LogP contribution in [0.15, 0.2) is 23.8 Å². The van der Waals surface area contributed by atoms with Gasteiger partial charge in [0.25, 0.3) is 0 Å². The highest BCUT2D eigenvalue weighted by Crippen LogP contribution is 2.39. The summed E-state index contributed by atoms with van der Waals surface area (Å²) in [6.45, 7) is 9.89. The zero-order valence-corrected chi connectivity index (χ0v) is 15.8. The van der Waals surface area contributed by atoms with Gasteiger partial charge in [-0.1, -0.05) is 45.2 Å². The van der Waals surface area contributed by atoms with Crippen molar-refractivity contribution >= 4 is 18.3 Å². The summed E-state index contributed by atoms with van der Waals surface area (Å²) >= 11 is 6.27. The van der Waals surface area contributed by atoms with Crippen LogP contribution in [0.3, 0.4) is 0 Å². The summed E-state index contributed by atoms with van der Waals surface area (Å²) < 4.78 is 1.51. The zero-order chi connectivity index (χ0) is 18.4. The maximum Gasteiger partial charge on any atom is 0.243 e. The van der Waals surface area contributed by atoms with E-state index in [1.807, 2.05) is 13.8 Å². The van der Waals surface area contributed by atoms with Crippen molar-refractivity contribution in [3.8, 4) is 11.3 Å². The van der Waals surface area contributed by atoms with Crippen LogP contribution >= 0.6 is 11.6 Å². The second kappa shape index (κ2) is 8.85. The van der Waals surface area contributed by atoms with E-state index >= 15 is 0 Å². The normalized spacial score (nSPS) is 19.7. The molecule has 2 aromatic heterocycles. The first-order valence-corrected chi connectivity index (χ1v) is 9.09. The van der Waals surface area contributed by atoms with E-state index in [2.05, 4.69) is 33.7 Å². The molecule has 0 bridgehead atoms. The molecule has 0 radical (unpaired) electrons. The largest absolute Gasteiger partial charge is 0.265 e. The first kappa shape index (κ1) is 19.2. The Morgan fingerprint density at radius 3 is 2.48 bits per heavy atom. The maximum atomic E-state index is 8.04. The van der Waals surface area contributed by atoms with Crippen molar-refractivity contribution in [1.29, 1.82) is 5.41 Å². The fourth-order valence-corrected chi connectivity index (χ4v) is 3.44. The summed E-state index contributed by atoms with van der Waals surface area (Å²) in [5, 5.41) is 12.5. The van der Waals surface area contributed by atoms with Gasteiger partial charge in [0, 0.05) is 30.6 Å². The van der Waals surface area contributed by atoms with Crippen molar-refractivity contribution < 1.29 is 0 Å². The maximum absolute atomic E-state index is 8.04. The topological polar surface area (TPSA) is 79.8 Å². The SMILES string of the molecule is C=Nn1c(C2CCC(C)CC2)c(-c2ncncc2Cl)cnc1=N.CC. The standard InChI is InChI=1S/C16H19ClN6.C2H6/c1-10-3-5-11(6-4-10)15-12(7-21-16(18)23(15)19-2)14-13(17)8-20-9-22-14;1-2/h7-11,18H,2-6H2,1H3;1-2H3. The van der Waals surface area contributed by atoms with Gasteiger partial charge in [0.2, 0.25) is 5.62 Å². The van der Waals surface area contributed by atoms with Gasteiger partial charge < -0.3 is 0 Å². The number of nitrogens with zero attached hydrogens (tertiary/aromatic N) is 5. The van der Waals surface area contributed by atoms with E-state index in [1.165, 1.54) is 11.0 Å². The molecule has 0 saturated heterocycles. The third-order valence-electron chi connectivity index (χ3n) is 4.49.